The number of imidazole rings is 1. The minimum Gasteiger partial charge on any atom is -0.489 e. The first-order valence-electron chi connectivity index (χ1n) is 11.4. The molecule has 3 aromatic carbocycles. The molecule has 0 fully saturated rings. The van der Waals surface area contributed by atoms with Gasteiger partial charge in [-0.05, 0) is 42.7 Å². The molecule has 0 saturated carbocycles. The fourth-order valence-corrected chi connectivity index (χ4v) is 4.17. The standard InChI is InChI=1S/C28H27N3O2/c1-2-32-19-23(31-20-30-27-17-29-26-11-7-6-10-25(26)28(27)31)16-21-12-14-24(15-13-21)33-18-22-8-4-3-5-9-22/h3-15,17,20,23H,2,16,18-19H2,1H3. The molecule has 1 unspecified atom stereocenters. The van der Waals surface area contributed by atoms with Gasteiger partial charge in [-0.15, -0.1) is 0 Å². The Morgan fingerprint density at radius 1 is 0.818 bits per heavy atom. The van der Waals surface area contributed by atoms with Crippen LogP contribution < -0.4 is 4.74 Å². The van der Waals surface area contributed by atoms with Gasteiger partial charge in [-0.1, -0.05) is 60.7 Å². The van der Waals surface area contributed by atoms with Gasteiger partial charge in [0.25, 0.3) is 0 Å². The minimum atomic E-state index is 0.122. The van der Waals surface area contributed by atoms with Gasteiger partial charge in [0.05, 0.1) is 36.2 Å². The molecule has 0 spiro atoms. The zero-order valence-electron chi connectivity index (χ0n) is 18.7. The zero-order valence-corrected chi connectivity index (χ0v) is 18.7. The van der Waals surface area contributed by atoms with Crippen LogP contribution in [0.4, 0.5) is 0 Å². The molecule has 0 N–H and O–H groups in total. The lowest BCUT2D eigenvalue weighted by molar-refractivity contribution is 0.114. The lowest BCUT2D eigenvalue weighted by Gasteiger charge is -2.20. The molecule has 5 heteroatoms. The molecule has 5 nitrogen and oxygen atoms in total. The lowest BCUT2D eigenvalue weighted by Crippen LogP contribution is -2.17. The van der Waals surface area contributed by atoms with Crippen molar-refractivity contribution in [3.63, 3.8) is 0 Å². The Labute approximate surface area is 193 Å². The van der Waals surface area contributed by atoms with Gasteiger partial charge >= 0.3 is 0 Å². The summed E-state index contributed by atoms with van der Waals surface area (Å²) in [5.41, 5.74) is 5.37. The van der Waals surface area contributed by atoms with Crippen LogP contribution in [-0.4, -0.2) is 27.7 Å². The highest BCUT2D eigenvalue weighted by Gasteiger charge is 2.17. The number of benzene rings is 3. The molecule has 33 heavy (non-hydrogen) atoms. The fourth-order valence-electron chi connectivity index (χ4n) is 4.17. The molecule has 0 bridgehead atoms. The van der Waals surface area contributed by atoms with Gasteiger partial charge in [0.2, 0.25) is 0 Å². The second-order valence-electron chi connectivity index (χ2n) is 8.10. The SMILES string of the molecule is CCOCC(Cc1ccc(OCc2ccccc2)cc1)n1cnc2cnc3ccccc3c21. The predicted molar refractivity (Wildman–Crippen MR) is 131 cm³/mol. The highest BCUT2D eigenvalue weighted by Crippen LogP contribution is 2.28. The molecule has 0 aliphatic carbocycles. The summed E-state index contributed by atoms with van der Waals surface area (Å²) in [6.07, 6.45) is 4.60. The van der Waals surface area contributed by atoms with Gasteiger partial charge in [0.1, 0.15) is 17.9 Å². The minimum absolute atomic E-state index is 0.122. The van der Waals surface area contributed by atoms with Gasteiger partial charge in [0, 0.05) is 12.0 Å². The Balaban J connectivity index is 1.38. The van der Waals surface area contributed by atoms with Crippen LogP contribution in [0, 0.1) is 0 Å². The molecule has 2 heterocycles. The summed E-state index contributed by atoms with van der Waals surface area (Å²) in [5, 5.41) is 1.11. The molecule has 0 saturated heterocycles. The van der Waals surface area contributed by atoms with Gasteiger partial charge < -0.3 is 14.0 Å². The number of fused-ring (bicyclic) bond motifs is 3. The number of hydrogen-bond acceptors (Lipinski definition) is 4. The predicted octanol–water partition coefficient (Wildman–Crippen LogP) is 5.98. The lowest BCUT2D eigenvalue weighted by atomic mass is 10.1. The summed E-state index contributed by atoms with van der Waals surface area (Å²) < 4.78 is 14.1. The fraction of sp³-hybridized carbons (Fsp3) is 0.214. The van der Waals surface area contributed by atoms with Gasteiger partial charge in [-0.25, -0.2) is 4.98 Å². The first kappa shape index (κ1) is 21.2. The van der Waals surface area contributed by atoms with E-state index in [1.807, 2.05) is 68.0 Å². The number of hydrogen-bond donors (Lipinski definition) is 0. The van der Waals surface area contributed by atoms with Crippen molar-refractivity contribution in [2.45, 2.75) is 26.0 Å². The third kappa shape index (κ3) is 4.73. The smallest absolute Gasteiger partial charge is 0.119 e. The number of rotatable bonds is 9. The molecule has 2 aromatic heterocycles. The first-order valence-corrected chi connectivity index (χ1v) is 11.4. The van der Waals surface area contributed by atoms with Crippen molar-refractivity contribution in [2.75, 3.05) is 13.2 Å². The average Bonchev–Trinajstić information content (AvgIpc) is 3.31. The second-order valence-corrected chi connectivity index (χ2v) is 8.10. The zero-order chi connectivity index (χ0) is 22.5. The third-order valence-corrected chi connectivity index (χ3v) is 5.86. The molecule has 0 amide bonds. The molecule has 5 aromatic rings. The highest BCUT2D eigenvalue weighted by molar-refractivity contribution is 6.02. The summed E-state index contributed by atoms with van der Waals surface area (Å²) in [4.78, 5) is 9.19. The van der Waals surface area contributed by atoms with E-state index in [0.29, 0.717) is 19.8 Å². The maximum Gasteiger partial charge on any atom is 0.119 e. The van der Waals surface area contributed by atoms with E-state index in [0.717, 1.165) is 39.7 Å². The monoisotopic (exact) mass is 437 g/mol. The Bertz CT molecular complexity index is 1330. The van der Waals surface area contributed by atoms with Gasteiger partial charge in [-0.2, -0.15) is 0 Å². The first-order chi connectivity index (χ1) is 16.3. The van der Waals surface area contributed by atoms with E-state index in [2.05, 4.69) is 44.9 Å². The van der Waals surface area contributed by atoms with Crippen LogP contribution in [0.1, 0.15) is 24.1 Å². The normalized spacial score (nSPS) is 12.3. The molecular formula is C28H27N3O2. The molecular weight excluding hydrogens is 410 g/mol. The molecule has 5 rings (SSSR count). The topological polar surface area (TPSA) is 49.2 Å². The number of ether oxygens (including phenoxy) is 2. The van der Waals surface area contributed by atoms with E-state index in [1.54, 1.807) is 0 Å². The van der Waals surface area contributed by atoms with E-state index in [-0.39, 0.29) is 6.04 Å². The molecule has 0 radical (unpaired) electrons. The Hall–Kier alpha value is -3.70. The second kappa shape index (κ2) is 9.84. The molecule has 1 atom stereocenters. The highest BCUT2D eigenvalue weighted by atomic mass is 16.5. The van der Waals surface area contributed by atoms with Crippen molar-refractivity contribution in [1.29, 1.82) is 0 Å². The summed E-state index contributed by atoms with van der Waals surface area (Å²) in [5.74, 6) is 0.870. The van der Waals surface area contributed by atoms with Crippen molar-refractivity contribution in [2.24, 2.45) is 0 Å². The van der Waals surface area contributed by atoms with Crippen LogP contribution in [0.3, 0.4) is 0 Å². The third-order valence-electron chi connectivity index (χ3n) is 5.86. The van der Waals surface area contributed by atoms with Crippen LogP contribution in [0.15, 0.2) is 91.4 Å². The number of para-hydroxylation sites is 1. The van der Waals surface area contributed by atoms with Crippen LogP contribution in [0.5, 0.6) is 5.75 Å². The average molecular weight is 438 g/mol. The van der Waals surface area contributed by atoms with Crippen molar-refractivity contribution >= 4 is 21.9 Å². The number of pyridine rings is 1. The maximum atomic E-state index is 5.95. The van der Waals surface area contributed by atoms with Crippen LogP contribution in [-0.2, 0) is 17.8 Å². The van der Waals surface area contributed by atoms with Crippen molar-refractivity contribution in [3.8, 4) is 5.75 Å². The number of aromatic nitrogens is 3. The van der Waals surface area contributed by atoms with Gasteiger partial charge in [0.15, 0.2) is 0 Å². The van der Waals surface area contributed by atoms with Gasteiger partial charge in [-0.3, -0.25) is 4.98 Å². The summed E-state index contributed by atoms with van der Waals surface area (Å²) in [7, 11) is 0. The Morgan fingerprint density at radius 2 is 1.61 bits per heavy atom. The summed E-state index contributed by atoms with van der Waals surface area (Å²) in [6.45, 7) is 3.89. The van der Waals surface area contributed by atoms with Crippen molar-refractivity contribution < 1.29 is 9.47 Å². The summed E-state index contributed by atoms with van der Waals surface area (Å²) >= 11 is 0. The maximum absolute atomic E-state index is 5.95. The summed E-state index contributed by atoms with van der Waals surface area (Å²) in [6, 6.07) is 26.9. The van der Waals surface area contributed by atoms with Crippen LogP contribution >= 0.6 is 0 Å². The van der Waals surface area contributed by atoms with E-state index in [9.17, 15) is 0 Å². The van der Waals surface area contributed by atoms with Crippen LogP contribution in [0.25, 0.3) is 21.9 Å². The quantitative estimate of drug-likeness (QED) is 0.284. The van der Waals surface area contributed by atoms with Crippen molar-refractivity contribution in [1.82, 2.24) is 14.5 Å². The molecule has 0 aliphatic heterocycles. The van der Waals surface area contributed by atoms with E-state index >= 15 is 0 Å². The van der Waals surface area contributed by atoms with E-state index < -0.39 is 0 Å². The Morgan fingerprint density at radius 3 is 2.42 bits per heavy atom. The van der Waals surface area contributed by atoms with E-state index in [1.165, 1.54) is 5.56 Å². The van der Waals surface area contributed by atoms with E-state index in [4.69, 9.17) is 9.47 Å². The Kier molecular flexibility index (Phi) is 6.31. The van der Waals surface area contributed by atoms with Crippen molar-refractivity contribution in [3.05, 3.63) is 103 Å². The molecule has 166 valence electrons. The van der Waals surface area contributed by atoms with Crippen LogP contribution in [0.2, 0.25) is 0 Å². The number of nitrogens with zero attached hydrogens (tertiary/aromatic N) is 3. The largest absolute Gasteiger partial charge is 0.489 e. The molecule has 0 aliphatic rings.